The predicted octanol–water partition coefficient (Wildman–Crippen LogP) is 2.49. The number of aromatic carboxylic acids is 1. The molecule has 0 fully saturated rings. The van der Waals surface area contributed by atoms with Gasteiger partial charge in [-0.25, -0.2) is 4.79 Å². The smallest absolute Gasteiger partial charge is 0.358 e. The molecule has 0 aliphatic carbocycles. The van der Waals surface area contributed by atoms with Crippen molar-refractivity contribution in [2.75, 3.05) is 0 Å². The monoisotopic (exact) mass is 271 g/mol. The molecule has 2 heterocycles. The van der Waals surface area contributed by atoms with Crippen LogP contribution in [-0.4, -0.2) is 26.0 Å². The van der Waals surface area contributed by atoms with Crippen molar-refractivity contribution in [3.8, 4) is 11.3 Å². The maximum absolute atomic E-state index is 11.1. The molecule has 20 heavy (non-hydrogen) atoms. The third kappa shape index (κ3) is 1.85. The van der Waals surface area contributed by atoms with Gasteiger partial charge in [-0.3, -0.25) is 4.68 Å². The molecule has 0 spiro atoms. The summed E-state index contributed by atoms with van der Waals surface area (Å²) in [5.74, 6) is -0.576. The summed E-state index contributed by atoms with van der Waals surface area (Å²) in [6, 6.07) is 5.69. The largest absolute Gasteiger partial charge is 0.476 e. The lowest BCUT2D eigenvalue weighted by Crippen LogP contribution is -2.00. The minimum absolute atomic E-state index is 0.0244. The fraction of sp³-hybridized carbons (Fsp3) is 0.214. The van der Waals surface area contributed by atoms with E-state index in [1.807, 2.05) is 38.4 Å². The number of fused-ring (bicyclic) bond motifs is 1. The van der Waals surface area contributed by atoms with Crippen LogP contribution in [0.3, 0.4) is 0 Å². The van der Waals surface area contributed by atoms with Gasteiger partial charge in [-0.05, 0) is 12.5 Å². The average molecular weight is 271 g/mol. The molecule has 0 radical (unpaired) electrons. The Morgan fingerprint density at radius 2 is 2.25 bits per heavy atom. The van der Waals surface area contributed by atoms with Gasteiger partial charge in [-0.15, -0.1) is 0 Å². The summed E-state index contributed by atoms with van der Waals surface area (Å²) < 4.78 is 6.96. The van der Waals surface area contributed by atoms with Crippen molar-refractivity contribution in [3.05, 3.63) is 35.7 Å². The molecule has 102 valence electrons. The van der Waals surface area contributed by atoms with Gasteiger partial charge in [0.25, 0.3) is 0 Å². The maximum atomic E-state index is 11.1. The molecule has 0 aliphatic rings. The van der Waals surface area contributed by atoms with Crippen LogP contribution in [0.5, 0.6) is 0 Å². The molecule has 0 atom stereocenters. The summed E-state index contributed by atoms with van der Waals surface area (Å²) in [7, 11) is 1.86. The molecule has 3 aromatic rings. The highest BCUT2D eigenvalue weighted by Gasteiger charge is 2.21. The minimum Gasteiger partial charge on any atom is -0.476 e. The van der Waals surface area contributed by atoms with E-state index >= 15 is 0 Å². The van der Waals surface area contributed by atoms with E-state index in [4.69, 9.17) is 9.63 Å². The van der Waals surface area contributed by atoms with Crippen LogP contribution in [-0.2, 0) is 13.5 Å². The van der Waals surface area contributed by atoms with Crippen molar-refractivity contribution >= 4 is 16.9 Å². The van der Waals surface area contributed by atoms with Crippen LogP contribution in [0.25, 0.3) is 22.2 Å². The second-order valence-corrected chi connectivity index (χ2v) is 4.57. The van der Waals surface area contributed by atoms with Gasteiger partial charge in [-0.1, -0.05) is 24.2 Å². The standard InChI is InChI=1S/C14H13N3O3/c1-3-10-12(14(18)19)16-20-13(10)8-4-5-9-7-17(2)15-11(9)6-8/h4-7H,3H2,1-2H3,(H,18,19). The van der Waals surface area contributed by atoms with Gasteiger partial charge >= 0.3 is 5.97 Å². The summed E-state index contributed by atoms with van der Waals surface area (Å²) in [6.45, 7) is 1.88. The van der Waals surface area contributed by atoms with E-state index in [0.717, 1.165) is 16.5 Å². The number of carboxylic acid groups (broad SMARTS) is 1. The van der Waals surface area contributed by atoms with E-state index in [1.54, 1.807) is 4.68 Å². The van der Waals surface area contributed by atoms with E-state index in [2.05, 4.69) is 10.3 Å². The molecule has 0 amide bonds. The number of nitrogens with zero attached hydrogens (tertiary/aromatic N) is 3. The van der Waals surface area contributed by atoms with Crippen molar-refractivity contribution in [2.24, 2.45) is 7.05 Å². The minimum atomic E-state index is -1.07. The first-order valence-electron chi connectivity index (χ1n) is 6.25. The fourth-order valence-corrected chi connectivity index (χ4v) is 2.31. The Kier molecular flexibility index (Phi) is 2.78. The summed E-state index contributed by atoms with van der Waals surface area (Å²) in [5, 5.41) is 18.1. The van der Waals surface area contributed by atoms with Crippen molar-refractivity contribution < 1.29 is 14.4 Å². The van der Waals surface area contributed by atoms with Crippen molar-refractivity contribution in [3.63, 3.8) is 0 Å². The molecule has 1 aromatic carbocycles. The SMILES string of the molecule is CCc1c(C(=O)O)noc1-c1ccc2cn(C)nc2c1. The second-order valence-electron chi connectivity index (χ2n) is 4.57. The van der Waals surface area contributed by atoms with Crippen LogP contribution in [0.4, 0.5) is 0 Å². The van der Waals surface area contributed by atoms with Crippen LogP contribution in [0.1, 0.15) is 23.0 Å². The number of carboxylic acids is 1. The van der Waals surface area contributed by atoms with Crippen molar-refractivity contribution in [1.82, 2.24) is 14.9 Å². The first kappa shape index (κ1) is 12.4. The molecule has 1 N–H and O–H groups in total. The molecule has 0 unspecified atom stereocenters. The van der Waals surface area contributed by atoms with Crippen LogP contribution in [0, 0.1) is 0 Å². The number of benzene rings is 1. The van der Waals surface area contributed by atoms with Crippen molar-refractivity contribution in [2.45, 2.75) is 13.3 Å². The Morgan fingerprint density at radius 3 is 2.95 bits per heavy atom. The molecule has 0 saturated heterocycles. The molecule has 2 aromatic heterocycles. The Balaban J connectivity index is 2.17. The van der Waals surface area contributed by atoms with Gasteiger partial charge in [0, 0.05) is 29.8 Å². The Morgan fingerprint density at radius 1 is 1.45 bits per heavy atom. The van der Waals surface area contributed by atoms with E-state index in [9.17, 15) is 4.79 Å². The van der Waals surface area contributed by atoms with Gasteiger partial charge in [0.2, 0.25) is 0 Å². The number of rotatable bonds is 3. The summed E-state index contributed by atoms with van der Waals surface area (Å²) in [4.78, 5) is 11.1. The molecule has 0 bridgehead atoms. The summed E-state index contributed by atoms with van der Waals surface area (Å²) in [6.07, 6.45) is 2.46. The lowest BCUT2D eigenvalue weighted by molar-refractivity contribution is 0.0685. The Bertz CT molecular complexity index is 801. The van der Waals surface area contributed by atoms with Gasteiger partial charge in [0.15, 0.2) is 11.5 Å². The van der Waals surface area contributed by atoms with Crippen LogP contribution >= 0.6 is 0 Å². The lowest BCUT2D eigenvalue weighted by Gasteiger charge is -1.99. The topological polar surface area (TPSA) is 81.1 Å². The van der Waals surface area contributed by atoms with Gasteiger partial charge in [0.1, 0.15) is 0 Å². The number of hydrogen-bond donors (Lipinski definition) is 1. The zero-order valence-corrected chi connectivity index (χ0v) is 11.1. The van der Waals surface area contributed by atoms with Gasteiger partial charge in [0.05, 0.1) is 5.52 Å². The number of aromatic nitrogens is 3. The molecular weight excluding hydrogens is 258 g/mol. The quantitative estimate of drug-likeness (QED) is 0.791. The molecule has 3 rings (SSSR count). The second kappa shape index (κ2) is 4.48. The maximum Gasteiger partial charge on any atom is 0.358 e. The molecule has 0 aliphatic heterocycles. The van der Waals surface area contributed by atoms with E-state index in [-0.39, 0.29) is 5.69 Å². The molecule has 6 heteroatoms. The predicted molar refractivity (Wildman–Crippen MR) is 72.5 cm³/mol. The molecular formula is C14H13N3O3. The number of carbonyl (C=O) groups is 1. The van der Waals surface area contributed by atoms with Gasteiger partial charge < -0.3 is 9.63 Å². The first-order valence-corrected chi connectivity index (χ1v) is 6.25. The lowest BCUT2D eigenvalue weighted by atomic mass is 10.0. The van der Waals surface area contributed by atoms with E-state index < -0.39 is 5.97 Å². The van der Waals surface area contributed by atoms with Crippen LogP contribution in [0.2, 0.25) is 0 Å². The number of hydrogen-bond acceptors (Lipinski definition) is 4. The fourth-order valence-electron chi connectivity index (χ4n) is 2.31. The number of aryl methyl sites for hydroxylation is 1. The first-order chi connectivity index (χ1) is 9.60. The highest BCUT2D eigenvalue weighted by atomic mass is 16.5. The van der Waals surface area contributed by atoms with E-state index in [0.29, 0.717) is 17.7 Å². The summed E-state index contributed by atoms with van der Waals surface area (Å²) in [5.41, 5.74) is 2.20. The van der Waals surface area contributed by atoms with E-state index in [1.165, 1.54) is 0 Å². The third-order valence-electron chi connectivity index (χ3n) is 3.23. The molecule has 6 nitrogen and oxygen atoms in total. The zero-order chi connectivity index (χ0) is 14.3. The average Bonchev–Trinajstić information content (AvgIpc) is 2.98. The van der Waals surface area contributed by atoms with Crippen molar-refractivity contribution in [1.29, 1.82) is 0 Å². The Hall–Kier alpha value is -2.63. The summed E-state index contributed by atoms with van der Waals surface area (Å²) >= 11 is 0. The molecule has 0 saturated carbocycles. The van der Waals surface area contributed by atoms with Gasteiger partial charge in [-0.2, -0.15) is 5.10 Å². The van der Waals surface area contributed by atoms with Crippen LogP contribution in [0.15, 0.2) is 28.9 Å². The zero-order valence-electron chi connectivity index (χ0n) is 11.1. The third-order valence-corrected chi connectivity index (χ3v) is 3.23. The highest BCUT2D eigenvalue weighted by molar-refractivity contribution is 5.90. The normalized spacial score (nSPS) is 11.1. The van der Waals surface area contributed by atoms with Crippen LogP contribution < -0.4 is 0 Å². The Labute approximate surface area is 114 Å². The highest BCUT2D eigenvalue weighted by Crippen LogP contribution is 2.29.